The number of fused-ring (bicyclic) bond motifs is 1. The van der Waals surface area contributed by atoms with E-state index in [2.05, 4.69) is 4.98 Å². The van der Waals surface area contributed by atoms with Gasteiger partial charge in [-0.1, -0.05) is 0 Å². The van der Waals surface area contributed by atoms with Gasteiger partial charge in [0.25, 0.3) is 5.91 Å². The Hall–Kier alpha value is -2.69. The van der Waals surface area contributed by atoms with E-state index in [0.29, 0.717) is 11.3 Å². The van der Waals surface area contributed by atoms with Crippen LogP contribution >= 0.6 is 0 Å². The Morgan fingerprint density at radius 3 is 2.67 bits per heavy atom. The fraction of sp³-hybridized carbons (Fsp3) is 0.125. The molecule has 0 spiro atoms. The van der Waals surface area contributed by atoms with Crippen molar-refractivity contribution in [1.29, 1.82) is 0 Å². The molecule has 0 unspecified atom stereocenters. The number of aryl methyl sites for hydroxylation is 2. The number of halogens is 1. The van der Waals surface area contributed by atoms with E-state index >= 15 is 0 Å². The number of H-pyrrole nitrogens is 1. The van der Waals surface area contributed by atoms with Crippen LogP contribution in [-0.4, -0.2) is 17.3 Å². The van der Waals surface area contributed by atoms with Crippen molar-refractivity contribution < 1.29 is 14.0 Å². The highest BCUT2D eigenvalue weighted by Gasteiger charge is 2.33. The van der Waals surface area contributed by atoms with Crippen LogP contribution < -0.4 is 4.90 Å². The average molecular weight is 283 g/mol. The third kappa shape index (κ3) is 2.07. The minimum Gasteiger partial charge on any atom is -0.359 e. The predicted octanol–water partition coefficient (Wildman–Crippen LogP) is 2.73. The van der Waals surface area contributed by atoms with E-state index in [1.54, 1.807) is 12.5 Å². The summed E-state index contributed by atoms with van der Waals surface area (Å²) in [5.74, 6) is -0.961. The molecule has 1 aromatic carbocycles. The van der Waals surface area contributed by atoms with Gasteiger partial charge >= 0.3 is 6.41 Å². The van der Waals surface area contributed by atoms with Crippen LogP contribution in [0.3, 0.4) is 0 Å². The quantitative estimate of drug-likeness (QED) is 0.862. The lowest BCUT2D eigenvalue weighted by atomic mass is 10.1. The fourth-order valence-electron chi connectivity index (χ4n) is 2.54. The second-order valence-corrected chi connectivity index (χ2v) is 5.00. The Kier molecular flexibility index (Phi) is 2.97. The standard InChI is InChI=1S/C16H12FN2O2/c1-9-5-10(2)18-14(9)7-13-12-6-11(17)3-4-15(12)19(8-20)16(13)21/h3-7,18H,1-2H3/b13-7-. The molecule has 1 aliphatic heterocycles. The van der Waals surface area contributed by atoms with E-state index in [9.17, 15) is 14.0 Å². The summed E-state index contributed by atoms with van der Waals surface area (Å²) in [6.07, 6.45) is 3.22. The molecule has 1 aromatic heterocycles. The number of hydrogen-bond donors (Lipinski definition) is 1. The number of aromatic amines is 1. The molecule has 105 valence electrons. The molecular weight excluding hydrogens is 271 g/mol. The number of carbonyl (C=O) groups excluding carboxylic acids is 2. The topological polar surface area (TPSA) is 53.2 Å². The third-order valence-electron chi connectivity index (χ3n) is 3.49. The van der Waals surface area contributed by atoms with Crippen LogP contribution in [0, 0.1) is 19.7 Å². The summed E-state index contributed by atoms with van der Waals surface area (Å²) in [7, 11) is 0. The molecule has 0 saturated heterocycles. The van der Waals surface area contributed by atoms with Crippen molar-refractivity contribution in [3.05, 3.63) is 52.6 Å². The van der Waals surface area contributed by atoms with Gasteiger partial charge in [-0.25, -0.2) is 9.29 Å². The summed E-state index contributed by atoms with van der Waals surface area (Å²) < 4.78 is 13.5. The highest BCUT2D eigenvalue weighted by molar-refractivity contribution is 6.40. The SMILES string of the molecule is Cc1cc(C)c(/C=C2\C(=O)N([C]=O)c3ccc(F)cc32)[nH]1. The largest absolute Gasteiger partial charge is 0.359 e. The van der Waals surface area contributed by atoms with Crippen LogP contribution in [0.25, 0.3) is 11.6 Å². The number of nitrogens with one attached hydrogen (secondary N) is 1. The highest BCUT2D eigenvalue weighted by Crippen LogP contribution is 2.37. The van der Waals surface area contributed by atoms with E-state index in [1.807, 2.05) is 19.9 Å². The van der Waals surface area contributed by atoms with E-state index in [4.69, 9.17) is 0 Å². The fourth-order valence-corrected chi connectivity index (χ4v) is 2.54. The predicted molar refractivity (Wildman–Crippen MR) is 77.7 cm³/mol. The van der Waals surface area contributed by atoms with Crippen molar-refractivity contribution in [3.8, 4) is 0 Å². The number of benzene rings is 1. The first-order valence-corrected chi connectivity index (χ1v) is 6.41. The number of imide groups is 1. The molecule has 5 heteroatoms. The lowest BCUT2D eigenvalue weighted by Gasteiger charge is -2.04. The van der Waals surface area contributed by atoms with Crippen LogP contribution in [0.1, 0.15) is 22.5 Å². The van der Waals surface area contributed by atoms with Crippen molar-refractivity contribution >= 4 is 29.7 Å². The summed E-state index contributed by atoms with van der Waals surface area (Å²) in [5.41, 5.74) is 3.72. The minimum atomic E-state index is -0.503. The minimum absolute atomic E-state index is 0.276. The lowest BCUT2D eigenvalue weighted by Crippen LogP contribution is -2.23. The maximum Gasteiger partial charge on any atom is 0.324 e. The monoisotopic (exact) mass is 283 g/mol. The first kappa shape index (κ1) is 13.3. The number of anilines is 1. The molecule has 21 heavy (non-hydrogen) atoms. The van der Waals surface area contributed by atoms with Crippen molar-refractivity contribution in [2.45, 2.75) is 13.8 Å². The zero-order valence-corrected chi connectivity index (χ0v) is 11.5. The number of carbonyl (C=O) groups is 1. The van der Waals surface area contributed by atoms with Crippen LogP contribution in [0.4, 0.5) is 10.1 Å². The van der Waals surface area contributed by atoms with Crippen LogP contribution in [0.15, 0.2) is 24.3 Å². The number of hydrogen-bond acceptors (Lipinski definition) is 2. The van der Waals surface area contributed by atoms with Gasteiger partial charge in [0.2, 0.25) is 0 Å². The van der Waals surface area contributed by atoms with Crippen molar-refractivity contribution in [1.82, 2.24) is 4.98 Å². The van der Waals surface area contributed by atoms with Gasteiger partial charge in [0.05, 0.1) is 11.3 Å². The second-order valence-electron chi connectivity index (χ2n) is 5.00. The Morgan fingerprint density at radius 1 is 1.29 bits per heavy atom. The molecule has 0 bridgehead atoms. The van der Waals surface area contributed by atoms with Gasteiger partial charge in [0.15, 0.2) is 0 Å². The van der Waals surface area contributed by atoms with Gasteiger partial charge in [-0.2, -0.15) is 0 Å². The maximum absolute atomic E-state index is 13.5. The van der Waals surface area contributed by atoms with E-state index < -0.39 is 11.7 Å². The molecule has 0 aliphatic carbocycles. The van der Waals surface area contributed by atoms with E-state index in [1.165, 1.54) is 18.2 Å². The summed E-state index contributed by atoms with van der Waals surface area (Å²) in [6, 6.07) is 5.81. The normalized spacial score (nSPS) is 15.7. The summed E-state index contributed by atoms with van der Waals surface area (Å²) >= 11 is 0. The zero-order valence-electron chi connectivity index (χ0n) is 11.5. The maximum atomic E-state index is 13.5. The van der Waals surface area contributed by atoms with Crippen LogP contribution in [-0.2, 0) is 9.59 Å². The van der Waals surface area contributed by atoms with Gasteiger partial charge in [0, 0.05) is 17.0 Å². The number of aromatic nitrogens is 1. The number of rotatable bonds is 2. The molecule has 0 saturated carbocycles. The van der Waals surface area contributed by atoms with Gasteiger partial charge in [0.1, 0.15) is 5.82 Å². The molecule has 2 amide bonds. The Labute approximate surface area is 120 Å². The number of amides is 2. The highest BCUT2D eigenvalue weighted by atomic mass is 19.1. The summed E-state index contributed by atoms with van der Waals surface area (Å²) in [5, 5.41) is 0. The molecule has 0 fully saturated rings. The molecule has 1 N–H and O–H groups in total. The lowest BCUT2D eigenvalue weighted by molar-refractivity contribution is -0.112. The van der Waals surface area contributed by atoms with Gasteiger partial charge in [-0.15, -0.1) is 0 Å². The Bertz CT molecular complexity index is 790. The van der Waals surface area contributed by atoms with Crippen molar-refractivity contribution in [2.75, 3.05) is 4.90 Å². The molecule has 2 heterocycles. The Balaban J connectivity index is 2.20. The number of nitrogens with zero attached hydrogens (tertiary/aromatic N) is 1. The molecular formula is C16H12FN2O2. The Morgan fingerprint density at radius 2 is 2.05 bits per heavy atom. The molecule has 0 atom stereocenters. The molecule has 1 radical (unpaired) electrons. The van der Waals surface area contributed by atoms with Gasteiger partial charge < -0.3 is 4.98 Å². The summed E-state index contributed by atoms with van der Waals surface area (Å²) in [6.45, 7) is 3.82. The second kappa shape index (κ2) is 4.70. The zero-order chi connectivity index (χ0) is 15.1. The first-order chi connectivity index (χ1) is 10.0. The average Bonchev–Trinajstić information content (AvgIpc) is 2.88. The van der Waals surface area contributed by atoms with Crippen molar-refractivity contribution in [2.24, 2.45) is 0 Å². The van der Waals surface area contributed by atoms with E-state index in [0.717, 1.165) is 21.9 Å². The van der Waals surface area contributed by atoms with Gasteiger partial charge in [-0.05, 0) is 49.8 Å². The third-order valence-corrected chi connectivity index (χ3v) is 3.49. The molecule has 1 aliphatic rings. The van der Waals surface area contributed by atoms with E-state index in [-0.39, 0.29) is 5.57 Å². The summed E-state index contributed by atoms with van der Waals surface area (Å²) in [4.78, 5) is 27.3. The van der Waals surface area contributed by atoms with Crippen LogP contribution in [0.5, 0.6) is 0 Å². The molecule has 4 nitrogen and oxygen atoms in total. The van der Waals surface area contributed by atoms with Crippen molar-refractivity contribution in [3.63, 3.8) is 0 Å². The molecule has 3 rings (SSSR count). The van der Waals surface area contributed by atoms with Gasteiger partial charge in [-0.3, -0.25) is 9.59 Å². The first-order valence-electron chi connectivity index (χ1n) is 6.41. The smallest absolute Gasteiger partial charge is 0.324 e. The van der Waals surface area contributed by atoms with Crippen LogP contribution in [0.2, 0.25) is 0 Å². The molecule has 2 aromatic rings.